The van der Waals surface area contributed by atoms with Gasteiger partial charge in [0.25, 0.3) is 0 Å². The summed E-state index contributed by atoms with van der Waals surface area (Å²) in [4.78, 5) is 0. The van der Waals surface area contributed by atoms with Gasteiger partial charge in [-0.05, 0) is 6.42 Å². The molecule has 0 aliphatic rings. The van der Waals surface area contributed by atoms with Crippen LogP contribution in [-0.2, 0) is 0 Å². The van der Waals surface area contributed by atoms with Gasteiger partial charge in [-0.25, -0.2) is 0 Å². The number of aliphatic hydroxyl groups is 2. The first-order valence-corrected chi connectivity index (χ1v) is 1.63. The van der Waals surface area contributed by atoms with Crippen LogP contribution in [0.25, 0.3) is 0 Å². The minimum atomic E-state index is 0.0938. The summed E-state index contributed by atoms with van der Waals surface area (Å²) in [5, 5.41) is 15.8. The van der Waals surface area contributed by atoms with E-state index in [9.17, 15) is 0 Å². The molecule has 0 spiro atoms. The molecule has 0 saturated carbocycles. The lowest BCUT2D eigenvalue weighted by Crippen LogP contribution is -1.85. The van der Waals surface area contributed by atoms with Crippen molar-refractivity contribution < 1.29 is 10.2 Å². The highest BCUT2D eigenvalue weighted by Crippen LogP contribution is 1.65. The topological polar surface area (TPSA) is 40.5 Å². The van der Waals surface area contributed by atoms with Crippen molar-refractivity contribution in [2.24, 2.45) is 0 Å². The summed E-state index contributed by atoms with van der Waals surface area (Å²) < 4.78 is 0. The van der Waals surface area contributed by atoms with Gasteiger partial charge in [0.15, 0.2) is 0 Å². The average Bonchev–Trinajstić information content (AvgIpc) is 1.41. The van der Waals surface area contributed by atoms with Crippen LogP contribution >= 0.6 is 0 Å². The van der Waals surface area contributed by atoms with Crippen LogP contribution in [0.2, 0.25) is 0 Å². The Morgan fingerprint density at radius 2 is 1.40 bits per heavy atom. The van der Waals surface area contributed by atoms with Gasteiger partial charge in [-0.1, -0.05) is 0 Å². The van der Waals surface area contributed by atoms with Gasteiger partial charge in [-0.3, -0.25) is 0 Å². The molecule has 0 heterocycles. The Kier molecular flexibility index (Phi) is 3.86. The molecule has 2 nitrogen and oxygen atoms in total. The molecule has 0 atom stereocenters. The van der Waals surface area contributed by atoms with Gasteiger partial charge >= 0.3 is 0 Å². The predicted octanol–water partition coefficient (Wildman–Crippen LogP) is -0.639. The average molecular weight is 78.1 g/mol. The van der Waals surface area contributed by atoms with Crippen LogP contribution < -0.4 is 0 Å². The van der Waals surface area contributed by atoms with E-state index < -0.39 is 0 Å². The molecule has 0 amide bonds. The minimum absolute atomic E-state index is 0.0938. The largest absolute Gasteiger partial charge is 0.396 e. The molecular formula is C3H8O2. The summed E-state index contributed by atoms with van der Waals surface area (Å²) >= 11 is 0. The molecule has 0 saturated heterocycles. The zero-order chi connectivity index (χ0) is 4.12. The third-order valence-electron chi connectivity index (χ3n) is 0.316. The SMILES string of the molecule is O[13CH2]C[13CH2]O. The summed E-state index contributed by atoms with van der Waals surface area (Å²) in [5.41, 5.74) is 0. The second-order valence-corrected chi connectivity index (χ2v) is 0.801. The third-order valence-corrected chi connectivity index (χ3v) is 0.316. The Hall–Kier alpha value is -0.0800. The molecule has 0 rings (SSSR count). The molecule has 0 aromatic heterocycles. The zero-order valence-corrected chi connectivity index (χ0v) is 3.02. The Bertz CT molecular complexity index is 12.4. The van der Waals surface area contributed by atoms with Gasteiger partial charge in [0.05, 0.1) is 0 Å². The third kappa shape index (κ3) is 3.92. The highest BCUT2D eigenvalue weighted by Gasteiger charge is 1.70. The van der Waals surface area contributed by atoms with Crippen LogP contribution in [0.1, 0.15) is 6.42 Å². The van der Waals surface area contributed by atoms with Crippen LogP contribution in [0.4, 0.5) is 0 Å². The smallest absolute Gasteiger partial charge is 0.0452 e. The maximum atomic E-state index is 7.91. The Morgan fingerprint density at radius 3 is 1.40 bits per heavy atom. The van der Waals surface area contributed by atoms with Gasteiger partial charge in [0.2, 0.25) is 0 Å². The van der Waals surface area contributed by atoms with E-state index in [1.165, 1.54) is 0 Å². The molecule has 0 fully saturated rings. The summed E-state index contributed by atoms with van der Waals surface area (Å²) in [6, 6.07) is 0. The van der Waals surface area contributed by atoms with Crippen LogP contribution in [-0.4, -0.2) is 23.4 Å². The summed E-state index contributed by atoms with van der Waals surface area (Å²) in [7, 11) is 0. The molecular weight excluding hydrogens is 70.0 g/mol. The first kappa shape index (κ1) is 4.92. The zero-order valence-electron chi connectivity index (χ0n) is 3.02. The number of hydrogen-bond donors (Lipinski definition) is 2. The number of rotatable bonds is 2. The van der Waals surface area contributed by atoms with E-state index in [1.807, 2.05) is 0 Å². The van der Waals surface area contributed by atoms with Crippen molar-refractivity contribution in [3.8, 4) is 0 Å². The molecule has 2 N–H and O–H groups in total. The van der Waals surface area contributed by atoms with E-state index in [0.717, 1.165) is 0 Å². The maximum absolute atomic E-state index is 7.91. The lowest BCUT2D eigenvalue weighted by molar-refractivity contribution is 0.221. The van der Waals surface area contributed by atoms with Gasteiger partial charge < -0.3 is 10.2 Å². The van der Waals surface area contributed by atoms with Gasteiger partial charge in [0, 0.05) is 13.2 Å². The Balaban J connectivity index is 2.19. The van der Waals surface area contributed by atoms with E-state index in [0.29, 0.717) is 6.42 Å². The molecule has 2 heteroatoms. The molecule has 0 aromatic rings. The minimum Gasteiger partial charge on any atom is -0.396 e. The van der Waals surface area contributed by atoms with Crippen LogP contribution in [0, 0.1) is 0 Å². The molecule has 0 aromatic carbocycles. The van der Waals surface area contributed by atoms with Gasteiger partial charge in [-0.2, -0.15) is 0 Å². The monoisotopic (exact) mass is 78.1 g/mol. The van der Waals surface area contributed by atoms with Crippen molar-refractivity contribution in [2.45, 2.75) is 6.42 Å². The fourth-order valence-corrected chi connectivity index (χ4v) is 0.0707. The highest BCUT2D eigenvalue weighted by molar-refractivity contribution is 4.22. The second-order valence-electron chi connectivity index (χ2n) is 0.801. The van der Waals surface area contributed by atoms with Crippen LogP contribution in [0.3, 0.4) is 0 Å². The van der Waals surface area contributed by atoms with Crippen molar-refractivity contribution in [1.82, 2.24) is 0 Å². The number of hydrogen-bond acceptors (Lipinski definition) is 2. The Labute approximate surface area is 31.1 Å². The second kappa shape index (κ2) is 3.92. The van der Waals surface area contributed by atoms with Crippen molar-refractivity contribution >= 4 is 0 Å². The van der Waals surface area contributed by atoms with Gasteiger partial charge in [-0.15, -0.1) is 0 Å². The van der Waals surface area contributed by atoms with E-state index in [4.69, 9.17) is 10.2 Å². The summed E-state index contributed by atoms with van der Waals surface area (Å²) in [6.45, 7) is 0.188. The van der Waals surface area contributed by atoms with E-state index in [2.05, 4.69) is 0 Å². The summed E-state index contributed by atoms with van der Waals surface area (Å²) in [5.74, 6) is 0. The lowest BCUT2D eigenvalue weighted by atomic mass is 10.9. The fourth-order valence-electron chi connectivity index (χ4n) is 0.0707. The fraction of sp³-hybridized carbons (Fsp3) is 1.00. The van der Waals surface area contributed by atoms with Crippen molar-refractivity contribution in [1.29, 1.82) is 0 Å². The summed E-state index contributed by atoms with van der Waals surface area (Å²) in [6.07, 6.45) is 0.500. The molecule has 5 heavy (non-hydrogen) atoms. The van der Waals surface area contributed by atoms with Crippen molar-refractivity contribution in [3.63, 3.8) is 0 Å². The normalized spacial score (nSPS) is 8.40. The molecule has 0 radical (unpaired) electrons. The van der Waals surface area contributed by atoms with Crippen LogP contribution in [0.5, 0.6) is 0 Å². The molecule has 0 aliphatic carbocycles. The standard InChI is InChI=1S/C3H8O2/c4-2-1-3-5/h4-5H,1-3H2/i2+1,3+1. The first-order valence-electron chi connectivity index (χ1n) is 1.63. The molecule has 0 unspecified atom stereocenters. The first-order chi connectivity index (χ1) is 2.41. The maximum Gasteiger partial charge on any atom is 0.0452 e. The van der Waals surface area contributed by atoms with Crippen molar-refractivity contribution in [3.05, 3.63) is 0 Å². The van der Waals surface area contributed by atoms with Crippen LogP contribution in [0.15, 0.2) is 0 Å². The lowest BCUT2D eigenvalue weighted by Gasteiger charge is -1.79. The quantitative estimate of drug-likeness (QED) is 0.431. The Morgan fingerprint density at radius 1 is 1.00 bits per heavy atom. The molecule has 32 valence electrons. The number of aliphatic hydroxyl groups excluding tert-OH is 2. The van der Waals surface area contributed by atoms with E-state index in [-0.39, 0.29) is 13.2 Å². The van der Waals surface area contributed by atoms with Crippen molar-refractivity contribution in [2.75, 3.05) is 13.2 Å². The highest BCUT2D eigenvalue weighted by atomic mass is 16.3. The molecule has 0 aliphatic heterocycles. The predicted molar refractivity (Wildman–Crippen MR) is 18.8 cm³/mol. The van der Waals surface area contributed by atoms with E-state index in [1.54, 1.807) is 0 Å². The van der Waals surface area contributed by atoms with Gasteiger partial charge in [0.1, 0.15) is 0 Å². The van der Waals surface area contributed by atoms with E-state index >= 15 is 0 Å². The molecule has 0 bridgehead atoms.